The molecule has 0 aliphatic carbocycles. The highest BCUT2D eigenvalue weighted by Crippen LogP contribution is 2.19. The van der Waals surface area contributed by atoms with Crippen molar-refractivity contribution in [1.29, 1.82) is 0 Å². The lowest BCUT2D eigenvalue weighted by Crippen LogP contribution is -2.04. The van der Waals surface area contributed by atoms with Crippen LogP contribution in [0.3, 0.4) is 0 Å². The predicted octanol–water partition coefficient (Wildman–Crippen LogP) is 1.55. The van der Waals surface area contributed by atoms with E-state index in [-0.39, 0.29) is 0 Å². The van der Waals surface area contributed by atoms with Crippen molar-refractivity contribution in [2.75, 3.05) is 13.7 Å². The third kappa shape index (κ3) is 4.03. The van der Waals surface area contributed by atoms with Crippen LogP contribution in [0.5, 0.6) is 0 Å². The van der Waals surface area contributed by atoms with E-state index in [1.165, 1.54) is 11.8 Å². The molecular weight excluding hydrogens is 266 g/mol. The number of hydrogen-bond acceptors (Lipinski definition) is 7. The van der Waals surface area contributed by atoms with Gasteiger partial charge in [-0.15, -0.1) is 10.2 Å². The van der Waals surface area contributed by atoms with Gasteiger partial charge in [0.1, 0.15) is 6.33 Å². The molecule has 2 aromatic rings. The largest absolute Gasteiger partial charge is 0.383 e. The van der Waals surface area contributed by atoms with Gasteiger partial charge >= 0.3 is 0 Å². The lowest BCUT2D eigenvalue weighted by molar-refractivity contribution is 0.184. The summed E-state index contributed by atoms with van der Waals surface area (Å²) in [7, 11) is 1.67. The summed E-state index contributed by atoms with van der Waals surface area (Å²) in [5, 5.41) is 12.7. The third-order valence-corrected chi connectivity index (χ3v) is 3.39. The molecule has 104 valence electrons. The van der Waals surface area contributed by atoms with Crippen molar-refractivity contribution >= 4 is 11.8 Å². The molecule has 0 atom stereocenters. The molecule has 8 heteroatoms. The zero-order valence-electron chi connectivity index (χ0n) is 11.1. The topological polar surface area (TPSA) is 78.9 Å². The number of aromatic nitrogens is 5. The van der Waals surface area contributed by atoms with Gasteiger partial charge in [0.15, 0.2) is 11.0 Å². The minimum absolute atomic E-state index is 0.600. The highest BCUT2D eigenvalue weighted by molar-refractivity contribution is 7.98. The van der Waals surface area contributed by atoms with E-state index in [1.54, 1.807) is 13.4 Å². The molecule has 0 aromatic carbocycles. The molecule has 0 amide bonds. The summed E-state index contributed by atoms with van der Waals surface area (Å²) in [4.78, 5) is 4.31. The molecule has 0 aliphatic heterocycles. The Morgan fingerprint density at radius 3 is 3.16 bits per heavy atom. The van der Waals surface area contributed by atoms with Gasteiger partial charge in [0, 0.05) is 20.1 Å². The number of methoxy groups -OCH3 is 1. The van der Waals surface area contributed by atoms with Gasteiger partial charge in [-0.2, -0.15) is 4.98 Å². The first-order valence-corrected chi connectivity index (χ1v) is 7.13. The van der Waals surface area contributed by atoms with Crippen LogP contribution in [0.2, 0.25) is 0 Å². The van der Waals surface area contributed by atoms with E-state index in [2.05, 4.69) is 27.3 Å². The summed E-state index contributed by atoms with van der Waals surface area (Å²) in [6, 6.07) is 0. The Labute approximate surface area is 115 Å². The molecule has 0 unspecified atom stereocenters. The van der Waals surface area contributed by atoms with Crippen molar-refractivity contribution in [2.24, 2.45) is 0 Å². The highest BCUT2D eigenvalue weighted by Gasteiger charge is 2.09. The van der Waals surface area contributed by atoms with Crippen LogP contribution in [0.15, 0.2) is 16.0 Å². The van der Waals surface area contributed by atoms with Crippen molar-refractivity contribution in [2.45, 2.75) is 37.2 Å². The zero-order valence-corrected chi connectivity index (χ0v) is 11.9. The summed E-state index contributed by atoms with van der Waals surface area (Å²) in [5.41, 5.74) is 0. The Bertz CT molecular complexity index is 499. The second-order valence-electron chi connectivity index (χ2n) is 3.94. The SMILES string of the molecule is CCCc1noc(CSc2nncn2CCOC)n1. The van der Waals surface area contributed by atoms with E-state index in [0.717, 1.165) is 30.4 Å². The number of rotatable bonds is 8. The molecular formula is C11H17N5O2S. The second kappa shape index (κ2) is 7.25. The van der Waals surface area contributed by atoms with E-state index in [1.807, 2.05) is 4.57 Å². The lowest BCUT2D eigenvalue weighted by Gasteiger charge is -2.03. The average Bonchev–Trinajstić information content (AvgIpc) is 3.03. The molecule has 0 fully saturated rings. The molecule has 0 aliphatic rings. The van der Waals surface area contributed by atoms with Crippen LogP contribution in [-0.2, 0) is 23.5 Å². The van der Waals surface area contributed by atoms with Crippen molar-refractivity contribution in [1.82, 2.24) is 24.9 Å². The van der Waals surface area contributed by atoms with Gasteiger partial charge < -0.3 is 13.8 Å². The first kappa shape index (κ1) is 14.0. The van der Waals surface area contributed by atoms with Crippen molar-refractivity contribution in [3.63, 3.8) is 0 Å². The third-order valence-electron chi connectivity index (χ3n) is 2.42. The molecule has 0 saturated carbocycles. The van der Waals surface area contributed by atoms with E-state index < -0.39 is 0 Å². The first-order chi connectivity index (χ1) is 9.33. The van der Waals surface area contributed by atoms with Crippen molar-refractivity contribution in [3.8, 4) is 0 Å². The number of ether oxygens (including phenoxy) is 1. The van der Waals surface area contributed by atoms with E-state index in [9.17, 15) is 0 Å². The van der Waals surface area contributed by atoms with Crippen LogP contribution in [0.25, 0.3) is 0 Å². The van der Waals surface area contributed by atoms with Crippen molar-refractivity contribution in [3.05, 3.63) is 18.0 Å². The molecule has 19 heavy (non-hydrogen) atoms. The first-order valence-electron chi connectivity index (χ1n) is 6.14. The summed E-state index contributed by atoms with van der Waals surface area (Å²) < 4.78 is 12.2. The molecule has 2 aromatic heterocycles. The standard InChI is InChI=1S/C11H17N5O2S/c1-3-4-9-13-10(18-15-9)7-19-11-14-12-8-16(11)5-6-17-2/h8H,3-7H2,1-2H3. The quantitative estimate of drug-likeness (QED) is 0.680. The molecule has 2 rings (SSSR count). The Kier molecular flexibility index (Phi) is 5.34. The summed E-state index contributed by atoms with van der Waals surface area (Å²) in [5.74, 6) is 1.98. The van der Waals surface area contributed by atoms with Crippen LogP contribution in [0.1, 0.15) is 25.1 Å². The maximum atomic E-state index is 5.17. The van der Waals surface area contributed by atoms with E-state index in [0.29, 0.717) is 18.3 Å². The minimum Gasteiger partial charge on any atom is -0.383 e. The van der Waals surface area contributed by atoms with Gasteiger partial charge in [-0.3, -0.25) is 0 Å². The molecule has 0 bridgehead atoms. The number of aryl methyl sites for hydroxylation is 1. The Balaban J connectivity index is 1.88. The fraction of sp³-hybridized carbons (Fsp3) is 0.636. The smallest absolute Gasteiger partial charge is 0.237 e. The predicted molar refractivity (Wildman–Crippen MR) is 69.8 cm³/mol. The van der Waals surface area contributed by atoms with Gasteiger partial charge in [-0.25, -0.2) is 0 Å². The van der Waals surface area contributed by atoms with Crippen LogP contribution in [0, 0.1) is 0 Å². The Morgan fingerprint density at radius 1 is 1.47 bits per heavy atom. The number of hydrogen-bond donors (Lipinski definition) is 0. The zero-order chi connectivity index (χ0) is 13.5. The van der Waals surface area contributed by atoms with Gasteiger partial charge in [-0.1, -0.05) is 23.8 Å². The monoisotopic (exact) mass is 283 g/mol. The Morgan fingerprint density at radius 2 is 2.37 bits per heavy atom. The normalized spacial score (nSPS) is 11.1. The molecule has 7 nitrogen and oxygen atoms in total. The molecule has 2 heterocycles. The Hall–Kier alpha value is -1.41. The van der Waals surface area contributed by atoms with Gasteiger partial charge in [0.2, 0.25) is 5.89 Å². The summed E-state index contributed by atoms with van der Waals surface area (Å²) in [6.07, 6.45) is 3.55. The lowest BCUT2D eigenvalue weighted by atomic mass is 10.3. The summed E-state index contributed by atoms with van der Waals surface area (Å²) >= 11 is 1.53. The number of nitrogens with zero attached hydrogens (tertiary/aromatic N) is 5. The van der Waals surface area contributed by atoms with Crippen LogP contribution in [0.4, 0.5) is 0 Å². The van der Waals surface area contributed by atoms with E-state index in [4.69, 9.17) is 9.26 Å². The number of thioether (sulfide) groups is 1. The second-order valence-corrected chi connectivity index (χ2v) is 4.89. The highest BCUT2D eigenvalue weighted by atomic mass is 32.2. The van der Waals surface area contributed by atoms with Crippen LogP contribution < -0.4 is 0 Å². The maximum absolute atomic E-state index is 5.17. The fourth-order valence-corrected chi connectivity index (χ4v) is 2.28. The van der Waals surface area contributed by atoms with E-state index >= 15 is 0 Å². The average molecular weight is 283 g/mol. The minimum atomic E-state index is 0.600. The molecule has 0 radical (unpaired) electrons. The maximum Gasteiger partial charge on any atom is 0.237 e. The van der Waals surface area contributed by atoms with Crippen molar-refractivity contribution < 1.29 is 9.26 Å². The fourth-order valence-electron chi connectivity index (χ4n) is 1.50. The van der Waals surface area contributed by atoms with Gasteiger partial charge in [-0.05, 0) is 6.42 Å². The van der Waals surface area contributed by atoms with Gasteiger partial charge in [0.25, 0.3) is 0 Å². The van der Waals surface area contributed by atoms with Gasteiger partial charge in [0.05, 0.1) is 12.4 Å². The van der Waals surface area contributed by atoms with Crippen LogP contribution in [-0.4, -0.2) is 38.6 Å². The van der Waals surface area contributed by atoms with Crippen LogP contribution >= 0.6 is 11.8 Å². The summed E-state index contributed by atoms with van der Waals surface area (Å²) in [6.45, 7) is 3.45. The molecule has 0 saturated heterocycles. The molecule has 0 N–H and O–H groups in total. The molecule has 0 spiro atoms.